The summed E-state index contributed by atoms with van der Waals surface area (Å²) in [7, 11) is -3.94. The number of aliphatic hydroxyl groups is 1. The standard InChI is InChI=1S/C17H19BrN2O4S/c1-11-3-9-15(10-4-11)25(23,24)20-16(12(2)21)17(22)19-14-7-5-13(18)6-8-14/h3-10,12,16,20-21H,1-2H3,(H,19,22). The van der Waals surface area contributed by atoms with E-state index in [-0.39, 0.29) is 4.90 Å². The molecule has 3 N–H and O–H groups in total. The molecular formula is C17H19BrN2O4S. The summed E-state index contributed by atoms with van der Waals surface area (Å²) < 4.78 is 28.0. The molecule has 6 nitrogen and oxygen atoms in total. The number of anilines is 1. The van der Waals surface area contributed by atoms with Crippen LogP contribution in [0.25, 0.3) is 0 Å². The number of hydrogen-bond acceptors (Lipinski definition) is 4. The zero-order chi connectivity index (χ0) is 18.6. The van der Waals surface area contributed by atoms with Gasteiger partial charge in [0.25, 0.3) is 0 Å². The van der Waals surface area contributed by atoms with Crippen molar-refractivity contribution in [1.29, 1.82) is 0 Å². The second kappa shape index (κ2) is 8.09. The maximum absolute atomic E-state index is 12.5. The highest BCUT2D eigenvalue weighted by Crippen LogP contribution is 2.16. The van der Waals surface area contributed by atoms with Gasteiger partial charge in [0.1, 0.15) is 6.04 Å². The normalized spacial score (nSPS) is 13.9. The van der Waals surface area contributed by atoms with Crippen molar-refractivity contribution in [2.24, 2.45) is 0 Å². The molecule has 0 radical (unpaired) electrons. The Kier molecular flexibility index (Phi) is 6.34. The van der Waals surface area contributed by atoms with Gasteiger partial charge in [0.15, 0.2) is 0 Å². The molecule has 2 rings (SSSR count). The fraction of sp³-hybridized carbons (Fsp3) is 0.235. The maximum atomic E-state index is 12.5. The Labute approximate surface area is 155 Å². The molecule has 0 saturated carbocycles. The van der Waals surface area contributed by atoms with Gasteiger partial charge in [-0.3, -0.25) is 4.79 Å². The zero-order valence-corrected chi connectivity index (χ0v) is 16.1. The van der Waals surface area contributed by atoms with Crippen molar-refractivity contribution in [2.75, 3.05) is 5.32 Å². The van der Waals surface area contributed by atoms with Crippen LogP contribution in [0.2, 0.25) is 0 Å². The summed E-state index contributed by atoms with van der Waals surface area (Å²) in [5.41, 5.74) is 1.41. The second-order valence-corrected chi connectivity index (χ2v) is 8.28. The number of benzene rings is 2. The van der Waals surface area contributed by atoms with E-state index >= 15 is 0 Å². The largest absolute Gasteiger partial charge is 0.391 e. The summed E-state index contributed by atoms with van der Waals surface area (Å²) in [6.45, 7) is 3.19. The van der Waals surface area contributed by atoms with E-state index in [4.69, 9.17) is 0 Å². The molecule has 134 valence electrons. The average molecular weight is 427 g/mol. The van der Waals surface area contributed by atoms with Gasteiger partial charge in [0.2, 0.25) is 15.9 Å². The van der Waals surface area contributed by atoms with E-state index in [1.165, 1.54) is 19.1 Å². The van der Waals surface area contributed by atoms with Crippen LogP contribution in [0, 0.1) is 6.92 Å². The van der Waals surface area contributed by atoms with Crippen LogP contribution in [0.4, 0.5) is 5.69 Å². The molecule has 0 bridgehead atoms. The minimum absolute atomic E-state index is 0.0280. The first kappa shape index (κ1) is 19.6. The van der Waals surface area contributed by atoms with E-state index in [1.807, 2.05) is 6.92 Å². The Morgan fingerprint density at radius 2 is 1.64 bits per heavy atom. The summed E-state index contributed by atoms with van der Waals surface area (Å²) >= 11 is 3.29. The number of aryl methyl sites for hydroxylation is 1. The third-order valence-electron chi connectivity index (χ3n) is 3.49. The molecule has 0 heterocycles. The van der Waals surface area contributed by atoms with Crippen LogP contribution in [-0.4, -0.2) is 31.6 Å². The lowest BCUT2D eigenvalue weighted by Crippen LogP contribution is -2.50. The van der Waals surface area contributed by atoms with Gasteiger partial charge in [-0.15, -0.1) is 0 Å². The molecule has 0 aliphatic heterocycles. The molecule has 1 amide bonds. The molecule has 0 fully saturated rings. The lowest BCUT2D eigenvalue weighted by atomic mass is 10.2. The van der Waals surface area contributed by atoms with Gasteiger partial charge in [-0.05, 0) is 50.2 Å². The van der Waals surface area contributed by atoms with Crippen molar-refractivity contribution in [3.63, 3.8) is 0 Å². The molecule has 2 aromatic carbocycles. The van der Waals surface area contributed by atoms with Crippen LogP contribution < -0.4 is 10.0 Å². The van der Waals surface area contributed by atoms with Crippen LogP contribution in [0.15, 0.2) is 57.9 Å². The van der Waals surface area contributed by atoms with Crippen molar-refractivity contribution >= 4 is 37.5 Å². The molecule has 25 heavy (non-hydrogen) atoms. The molecule has 0 saturated heterocycles. The lowest BCUT2D eigenvalue weighted by Gasteiger charge is -2.21. The summed E-state index contributed by atoms with van der Waals surface area (Å²) in [5, 5.41) is 12.5. The number of nitrogens with one attached hydrogen (secondary N) is 2. The van der Waals surface area contributed by atoms with Crippen molar-refractivity contribution < 1.29 is 18.3 Å². The average Bonchev–Trinajstić information content (AvgIpc) is 2.55. The molecule has 0 aliphatic rings. The van der Waals surface area contributed by atoms with E-state index in [1.54, 1.807) is 36.4 Å². The highest BCUT2D eigenvalue weighted by molar-refractivity contribution is 9.10. The summed E-state index contributed by atoms with van der Waals surface area (Å²) in [4.78, 5) is 12.4. The lowest BCUT2D eigenvalue weighted by molar-refractivity contribution is -0.119. The molecule has 2 aromatic rings. The monoisotopic (exact) mass is 426 g/mol. The van der Waals surface area contributed by atoms with Crippen molar-refractivity contribution in [1.82, 2.24) is 4.72 Å². The zero-order valence-electron chi connectivity index (χ0n) is 13.7. The molecular weight excluding hydrogens is 408 g/mol. The van der Waals surface area contributed by atoms with Gasteiger partial charge in [0.05, 0.1) is 11.0 Å². The van der Waals surface area contributed by atoms with Crippen molar-refractivity contribution in [3.05, 3.63) is 58.6 Å². The number of hydrogen-bond donors (Lipinski definition) is 3. The highest BCUT2D eigenvalue weighted by Gasteiger charge is 2.29. The van der Waals surface area contributed by atoms with E-state index in [9.17, 15) is 18.3 Å². The Bertz CT molecular complexity index is 834. The topological polar surface area (TPSA) is 95.5 Å². The number of aliphatic hydroxyl groups excluding tert-OH is 1. The van der Waals surface area contributed by atoms with Crippen LogP contribution in [0.1, 0.15) is 12.5 Å². The van der Waals surface area contributed by atoms with Gasteiger partial charge in [-0.2, -0.15) is 4.72 Å². The van der Waals surface area contributed by atoms with Gasteiger partial charge in [0, 0.05) is 10.2 Å². The highest BCUT2D eigenvalue weighted by atomic mass is 79.9. The number of sulfonamides is 1. The van der Waals surface area contributed by atoms with Crippen LogP contribution >= 0.6 is 15.9 Å². The molecule has 0 spiro atoms. The van der Waals surface area contributed by atoms with E-state index in [2.05, 4.69) is 26.0 Å². The molecule has 2 unspecified atom stereocenters. The first-order valence-electron chi connectivity index (χ1n) is 7.52. The molecule has 0 aromatic heterocycles. The summed E-state index contributed by atoms with van der Waals surface area (Å²) in [6, 6.07) is 11.7. The Morgan fingerprint density at radius 1 is 1.08 bits per heavy atom. The Hall–Kier alpha value is -1.74. The first-order valence-corrected chi connectivity index (χ1v) is 9.80. The fourth-order valence-electron chi connectivity index (χ4n) is 2.08. The van der Waals surface area contributed by atoms with Gasteiger partial charge in [-0.25, -0.2) is 8.42 Å². The van der Waals surface area contributed by atoms with Crippen LogP contribution in [-0.2, 0) is 14.8 Å². The van der Waals surface area contributed by atoms with Gasteiger partial charge < -0.3 is 10.4 Å². The second-order valence-electron chi connectivity index (χ2n) is 5.65. The predicted molar refractivity (Wildman–Crippen MR) is 99.7 cm³/mol. The van der Waals surface area contributed by atoms with E-state index in [0.29, 0.717) is 5.69 Å². The summed E-state index contributed by atoms with van der Waals surface area (Å²) in [5.74, 6) is -0.645. The van der Waals surface area contributed by atoms with Gasteiger partial charge in [-0.1, -0.05) is 33.6 Å². The smallest absolute Gasteiger partial charge is 0.245 e. The fourth-order valence-corrected chi connectivity index (χ4v) is 3.61. The van der Waals surface area contributed by atoms with Crippen LogP contribution in [0.3, 0.4) is 0 Å². The third kappa shape index (κ3) is 5.37. The van der Waals surface area contributed by atoms with Crippen molar-refractivity contribution in [2.45, 2.75) is 30.9 Å². The summed E-state index contributed by atoms with van der Waals surface area (Å²) in [6.07, 6.45) is -1.21. The van der Waals surface area contributed by atoms with Crippen LogP contribution in [0.5, 0.6) is 0 Å². The molecule has 2 atom stereocenters. The molecule has 0 aliphatic carbocycles. The van der Waals surface area contributed by atoms with E-state index in [0.717, 1.165) is 10.0 Å². The van der Waals surface area contributed by atoms with Gasteiger partial charge >= 0.3 is 0 Å². The van der Waals surface area contributed by atoms with Crippen molar-refractivity contribution in [3.8, 4) is 0 Å². The molecule has 8 heteroatoms. The Balaban J connectivity index is 2.18. The third-order valence-corrected chi connectivity index (χ3v) is 5.48. The predicted octanol–water partition coefficient (Wildman–Crippen LogP) is 2.42. The number of rotatable bonds is 6. The minimum Gasteiger partial charge on any atom is -0.391 e. The SMILES string of the molecule is Cc1ccc(S(=O)(=O)NC(C(=O)Nc2ccc(Br)cc2)C(C)O)cc1. The number of carbonyl (C=O) groups excluding carboxylic acids is 1. The number of amides is 1. The van der Waals surface area contributed by atoms with E-state index < -0.39 is 28.1 Å². The first-order chi connectivity index (χ1) is 11.7. The number of halogens is 1. The number of carbonyl (C=O) groups is 1. The maximum Gasteiger partial charge on any atom is 0.245 e. The quantitative estimate of drug-likeness (QED) is 0.660. The minimum atomic E-state index is -3.94. The Morgan fingerprint density at radius 3 is 2.16 bits per heavy atom.